The standard InChI is InChI=1S/C15H21Cl3NO4P/c1-3-10-22-24(21,23-11-4-2)13(12-8-6-5-7-9-12)19-14(20)15(16,17)18/h5-9,13H,3-4,10-11H2,1-2H3,(H,19,20). The van der Waals surface area contributed by atoms with E-state index in [-0.39, 0.29) is 13.2 Å². The first-order valence-corrected chi connectivity index (χ1v) is 10.3. The van der Waals surface area contributed by atoms with E-state index in [1.165, 1.54) is 0 Å². The molecule has 0 spiro atoms. The monoisotopic (exact) mass is 415 g/mol. The zero-order chi connectivity index (χ0) is 18.2. The number of rotatable bonds is 9. The fraction of sp³-hybridized carbons (Fsp3) is 0.533. The number of amides is 1. The highest BCUT2D eigenvalue weighted by Gasteiger charge is 2.42. The van der Waals surface area contributed by atoms with Crippen molar-refractivity contribution in [3.8, 4) is 0 Å². The lowest BCUT2D eigenvalue weighted by atomic mass is 10.2. The molecule has 0 aromatic heterocycles. The van der Waals surface area contributed by atoms with Crippen LogP contribution in [0.3, 0.4) is 0 Å². The van der Waals surface area contributed by atoms with Gasteiger partial charge in [-0.15, -0.1) is 0 Å². The molecule has 24 heavy (non-hydrogen) atoms. The summed E-state index contributed by atoms with van der Waals surface area (Å²) in [6.45, 7) is 4.19. The Labute approximate surface area is 157 Å². The Hall–Kier alpha value is -0.290. The molecule has 0 saturated heterocycles. The van der Waals surface area contributed by atoms with Gasteiger partial charge in [0.25, 0.3) is 9.70 Å². The first kappa shape index (κ1) is 21.8. The van der Waals surface area contributed by atoms with E-state index < -0.39 is 23.1 Å². The second kappa shape index (κ2) is 10.0. The first-order chi connectivity index (χ1) is 11.2. The van der Waals surface area contributed by atoms with Gasteiger partial charge in [-0.25, -0.2) is 0 Å². The Morgan fingerprint density at radius 2 is 1.62 bits per heavy atom. The van der Waals surface area contributed by atoms with Gasteiger partial charge in [0, 0.05) is 0 Å². The molecular formula is C15H21Cl3NO4P. The van der Waals surface area contributed by atoms with Crippen LogP contribution in [0.25, 0.3) is 0 Å². The Morgan fingerprint density at radius 1 is 1.12 bits per heavy atom. The molecule has 0 radical (unpaired) electrons. The minimum absolute atomic E-state index is 0.216. The molecule has 0 bridgehead atoms. The Kier molecular flexibility index (Phi) is 9.07. The predicted octanol–water partition coefficient (Wildman–Crippen LogP) is 5.22. The van der Waals surface area contributed by atoms with Crippen molar-refractivity contribution in [2.24, 2.45) is 0 Å². The lowest BCUT2D eigenvalue weighted by molar-refractivity contribution is -0.120. The van der Waals surface area contributed by atoms with Gasteiger partial charge >= 0.3 is 7.60 Å². The molecule has 1 aromatic carbocycles. The molecule has 0 aliphatic heterocycles. The molecule has 9 heteroatoms. The molecule has 1 unspecified atom stereocenters. The number of hydrogen-bond acceptors (Lipinski definition) is 4. The molecule has 1 N–H and O–H groups in total. The van der Waals surface area contributed by atoms with Crippen molar-refractivity contribution in [2.75, 3.05) is 13.2 Å². The predicted molar refractivity (Wildman–Crippen MR) is 97.7 cm³/mol. The summed E-state index contributed by atoms with van der Waals surface area (Å²) in [5.74, 6) is -1.97. The smallest absolute Gasteiger partial charge is 0.335 e. The van der Waals surface area contributed by atoms with Gasteiger partial charge in [0.1, 0.15) is 0 Å². The molecule has 1 aromatic rings. The van der Waals surface area contributed by atoms with Crippen LogP contribution in [-0.2, 0) is 18.4 Å². The average Bonchev–Trinajstić information content (AvgIpc) is 2.55. The van der Waals surface area contributed by atoms with Crippen LogP contribution in [0.15, 0.2) is 30.3 Å². The molecule has 0 aliphatic rings. The number of alkyl halides is 3. The Morgan fingerprint density at radius 3 is 2.04 bits per heavy atom. The van der Waals surface area contributed by atoms with Crippen molar-refractivity contribution >= 4 is 48.3 Å². The van der Waals surface area contributed by atoms with Crippen molar-refractivity contribution in [1.29, 1.82) is 0 Å². The molecule has 5 nitrogen and oxygen atoms in total. The second-order valence-corrected chi connectivity index (χ2v) is 9.38. The lowest BCUT2D eigenvalue weighted by Gasteiger charge is -2.29. The van der Waals surface area contributed by atoms with Crippen molar-refractivity contribution in [3.05, 3.63) is 35.9 Å². The largest absolute Gasteiger partial charge is 0.357 e. The summed E-state index contributed by atoms with van der Waals surface area (Å²) in [4.78, 5) is 12.1. The summed E-state index contributed by atoms with van der Waals surface area (Å²) in [6, 6.07) is 8.67. The highest BCUT2D eigenvalue weighted by Crippen LogP contribution is 2.60. The van der Waals surface area contributed by atoms with Crippen LogP contribution in [0.1, 0.15) is 38.0 Å². The quantitative estimate of drug-likeness (QED) is 0.443. The summed E-state index contributed by atoms with van der Waals surface area (Å²) in [5.41, 5.74) is 0.538. The number of carbonyl (C=O) groups is 1. The zero-order valence-electron chi connectivity index (χ0n) is 13.5. The summed E-state index contributed by atoms with van der Waals surface area (Å²) in [6.07, 6.45) is 1.28. The fourth-order valence-corrected chi connectivity index (χ4v) is 4.03. The maximum atomic E-state index is 13.3. The van der Waals surface area contributed by atoms with Crippen LogP contribution >= 0.6 is 42.4 Å². The molecule has 0 heterocycles. The third-order valence-electron chi connectivity index (χ3n) is 2.91. The zero-order valence-corrected chi connectivity index (χ0v) is 16.7. The summed E-state index contributed by atoms with van der Waals surface area (Å²) >= 11 is 16.9. The van der Waals surface area contributed by atoms with E-state index in [9.17, 15) is 9.36 Å². The normalized spacial score (nSPS) is 13.5. The fourth-order valence-electron chi connectivity index (χ4n) is 1.81. The lowest BCUT2D eigenvalue weighted by Crippen LogP contribution is -2.37. The average molecular weight is 417 g/mol. The van der Waals surface area contributed by atoms with Crippen molar-refractivity contribution in [3.63, 3.8) is 0 Å². The van der Waals surface area contributed by atoms with Crippen LogP contribution in [0.5, 0.6) is 0 Å². The van der Waals surface area contributed by atoms with Gasteiger partial charge < -0.3 is 14.4 Å². The highest BCUT2D eigenvalue weighted by molar-refractivity contribution is 7.54. The van der Waals surface area contributed by atoms with Gasteiger partial charge in [-0.05, 0) is 18.4 Å². The SMILES string of the molecule is CCCOP(=O)(OCCC)C(NC(=O)C(Cl)(Cl)Cl)c1ccccc1. The van der Waals surface area contributed by atoms with Crippen molar-refractivity contribution in [2.45, 2.75) is 36.3 Å². The van der Waals surface area contributed by atoms with Gasteiger partial charge in [-0.1, -0.05) is 79.0 Å². The van der Waals surface area contributed by atoms with E-state index in [2.05, 4.69) is 5.32 Å². The molecule has 1 amide bonds. The van der Waals surface area contributed by atoms with E-state index in [1.54, 1.807) is 30.3 Å². The van der Waals surface area contributed by atoms with Gasteiger partial charge in [-0.3, -0.25) is 9.36 Å². The second-order valence-electron chi connectivity index (χ2n) is 4.99. The van der Waals surface area contributed by atoms with E-state index in [0.717, 1.165) is 0 Å². The van der Waals surface area contributed by atoms with Gasteiger partial charge in [-0.2, -0.15) is 0 Å². The highest BCUT2D eigenvalue weighted by atomic mass is 35.6. The van der Waals surface area contributed by atoms with E-state index >= 15 is 0 Å². The number of hydrogen-bond donors (Lipinski definition) is 1. The van der Waals surface area contributed by atoms with Crippen LogP contribution < -0.4 is 5.32 Å². The maximum Gasteiger partial charge on any atom is 0.357 e. The third-order valence-corrected chi connectivity index (χ3v) is 5.57. The van der Waals surface area contributed by atoms with Crippen LogP contribution in [0.2, 0.25) is 0 Å². The molecule has 1 rings (SSSR count). The van der Waals surface area contributed by atoms with Gasteiger partial charge in [0.05, 0.1) is 13.2 Å². The topological polar surface area (TPSA) is 64.6 Å². The van der Waals surface area contributed by atoms with Gasteiger partial charge in [0.15, 0.2) is 5.78 Å². The maximum absolute atomic E-state index is 13.3. The summed E-state index contributed by atoms with van der Waals surface area (Å²) in [5, 5.41) is 2.48. The minimum atomic E-state index is -3.72. The molecule has 0 fully saturated rings. The van der Waals surface area contributed by atoms with Crippen molar-refractivity contribution < 1.29 is 18.4 Å². The Balaban J connectivity index is 3.21. The third kappa shape index (κ3) is 6.55. The van der Waals surface area contributed by atoms with Crippen molar-refractivity contribution in [1.82, 2.24) is 5.32 Å². The summed E-state index contributed by atoms with van der Waals surface area (Å²) < 4.78 is 22.1. The minimum Gasteiger partial charge on any atom is -0.335 e. The molecule has 0 saturated carbocycles. The molecule has 136 valence electrons. The van der Waals surface area contributed by atoms with Crippen LogP contribution in [0, 0.1) is 0 Å². The molecular weight excluding hydrogens is 396 g/mol. The number of carbonyl (C=O) groups excluding carboxylic acids is 1. The molecule has 1 atom stereocenters. The molecule has 0 aliphatic carbocycles. The van der Waals surface area contributed by atoms with Crippen LogP contribution in [0.4, 0.5) is 0 Å². The number of benzene rings is 1. The number of nitrogens with one attached hydrogen (secondary N) is 1. The van der Waals surface area contributed by atoms with E-state index in [1.807, 2.05) is 13.8 Å². The number of halogens is 3. The summed E-state index contributed by atoms with van der Waals surface area (Å²) in [7, 11) is -3.72. The Bertz CT molecular complexity index is 554. The van der Waals surface area contributed by atoms with E-state index in [0.29, 0.717) is 18.4 Å². The van der Waals surface area contributed by atoms with E-state index in [4.69, 9.17) is 43.9 Å². The van der Waals surface area contributed by atoms with Crippen LogP contribution in [-0.4, -0.2) is 22.9 Å². The first-order valence-electron chi connectivity index (χ1n) is 7.56. The van der Waals surface area contributed by atoms with Gasteiger partial charge in [0.2, 0.25) is 0 Å².